The summed E-state index contributed by atoms with van der Waals surface area (Å²) >= 11 is 5.79. The Morgan fingerprint density at radius 2 is 1.77 bits per heavy atom. The second-order valence-electron chi connectivity index (χ2n) is 6.24. The highest BCUT2D eigenvalue weighted by molar-refractivity contribution is 6.30. The molecule has 5 nitrogen and oxygen atoms in total. The molecular weight excluding hydrogens is 354 g/mol. The van der Waals surface area contributed by atoms with Crippen molar-refractivity contribution in [2.75, 3.05) is 13.7 Å². The van der Waals surface area contributed by atoms with Crippen molar-refractivity contribution >= 4 is 23.5 Å². The van der Waals surface area contributed by atoms with Gasteiger partial charge in [-0.25, -0.2) is 4.79 Å². The number of carbonyl (C=O) groups is 2. The van der Waals surface area contributed by atoms with Gasteiger partial charge in [0, 0.05) is 5.02 Å². The second-order valence-corrected chi connectivity index (χ2v) is 6.68. The van der Waals surface area contributed by atoms with Crippen molar-refractivity contribution in [2.45, 2.75) is 18.9 Å². The molecule has 136 valence electrons. The summed E-state index contributed by atoms with van der Waals surface area (Å²) in [6, 6.07) is 13.9. The number of benzene rings is 2. The number of halogens is 1. The largest absolute Gasteiger partial charge is 0.497 e. The molecule has 1 fully saturated rings. The number of amides is 1. The molecule has 2 aromatic carbocycles. The van der Waals surface area contributed by atoms with Gasteiger partial charge in [0.25, 0.3) is 5.91 Å². The zero-order chi connectivity index (χ0) is 18.5. The fourth-order valence-corrected chi connectivity index (χ4v) is 2.86. The molecule has 1 N–H and O–H groups in total. The summed E-state index contributed by atoms with van der Waals surface area (Å²) in [6.45, 7) is -0.319. The van der Waals surface area contributed by atoms with Crippen molar-refractivity contribution < 1.29 is 19.1 Å². The first-order valence-electron chi connectivity index (χ1n) is 8.43. The van der Waals surface area contributed by atoms with Crippen LogP contribution in [0.15, 0.2) is 48.5 Å². The van der Waals surface area contributed by atoms with Crippen LogP contribution >= 0.6 is 11.6 Å². The quantitative estimate of drug-likeness (QED) is 0.750. The predicted octanol–water partition coefficient (Wildman–Crippen LogP) is 3.77. The lowest BCUT2D eigenvalue weighted by Crippen LogP contribution is -2.33. The number of rotatable bonds is 7. The third-order valence-corrected chi connectivity index (χ3v) is 4.55. The molecule has 3 rings (SSSR count). The topological polar surface area (TPSA) is 64.6 Å². The highest BCUT2D eigenvalue weighted by atomic mass is 35.5. The normalized spacial score (nSPS) is 14.4. The van der Waals surface area contributed by atoms with Gasteiger partial charge in [-0.05, 0) is 60.7 Å². The van der Waals surface area contributed by atoms with Gasteiger partial charge in [0.15, 0.2) is 6.61 Å². The van der Waals surface area contributed by atoms with Crippen molar-refractivity contribution in [2.24, 2.45) is 5.92 Å². The average molecular weight is 374 g/mol. The monoisotopic (exact) mass is 373 g/mol. The van der Waals surface area contributed by atoms with Crippen LogP contribution in [0, 0.1) is 5.92 Å². The van der Waals surface area contributed by atoms with E-state index in [9.17, 15) is 9.59 Å². The molecule has 0 saturated heterocycles. The lowest BCUT2D eigenvalue weighted by molar-refractivity contribution is -0.125. The molecule has 0 spiro atoms. The Kier molecular flexibility index (Phi) is 5.78. The maximum Gasteiger partial charge on any atom is 0.338 e. The first kappa shape index (κ1) is 18.3. The van der Waals surface area contributed by atoms with Crippen LogP contribution in [0.3, 0.4) is 0 Å². The molecule has 0 aromatic heterocycles. The van der Waals surface area contributed by atoms with Gasteiger partial charge in [-0.3, -0.25) is 4.79 Å². The minimum absolute atomic E-state index is 0.0809. The van der Waals surface area contributed by atoms with E-state index in [0.29, 0.717) is 16.5 Å². The predicted molar refractivity (Wildman–Crippen MR) is 98.3 cm³/mol. The van der Waals surface area contributed by atoms with E-state index in [1.807, 2.05) is 24.3 Å². The summed E-state index contributed by atoms with van der Waals surface area (Å²) in [5, 5.41) is 3.50. The van der Waals surface area contributed by atoms with E-state index in [-0.39, 0.29) is 18.6 Å². The first-order valence-corrected chi connectivity index (χ1v) is 8.80. The van der Waals surface area contributed by atoms with E-state index in [0.717, 1.165) is 24.2 Å². The molecule has 2 aromatic rings. The highest BCUT2D eigenvalue weighted by Gasteiger charge is 2.33. The molecule has 1 atom stereocenters. The first-order chi connectivity index (χ1) is 12.6. The third-order valence-electron chi connectivity index (χ3n) is 4.30. The van der Waals surface area contributed by atoms with Gasteiger partial charge < -0.3 is 14.8 Å². The summed E-state index contributed by atoms with van der Waals surface area (Å²) in [7, 11) is 1.62. The van der Waals surface area contributed by atoms with Crippen LogP contribution in [0.5, 0.6) is 5.75 Å². The molecule has 1 unspecified atom stereocenters. The fourth-order valence-electron chi connectivity index (χ4n) is 2.73. The minimum Gasteiger partial charge on any atom is -0.497 e. The Labute approximate surface area is 157 Å². The summed E-state index contributed by atoms with van der Waals surface area (Å²) in [5.41, 5.74) is 1.38. The molecule has 0 radical (unpaired) electrons. The van der Waals surface area contributed by atoms with Crippen molar-refractivity contribution in [3.05, 3.63) is 64.7 Å². The standard InChI is InChI=1S/C20H20ClNO4/c1-25-17-10-6-14(7-11-17)19(13-2-3-13)22-18(23)12-26-20(24)15-4-8-16(21)9-5-15/h4-11,13,19H,2-3,12H2,1H3,(H,22,23). The summed E-state index contributed by atoms with van der Waals surface area (Å²) in [5.74, 6) is 0.315. The number of esters is 1. The Hall–Kier alpha value is -2.53. The molecule has 1 aliphatic rings. The Morgan fingerprint density at radius 3 is 2.35 bits per heavy atom. The fraction of sp³-hybridized carbons (Fsp3) is 0.300. The number of nitrogens with one attached hydrogen (secondary N) is 1. The molecule has 6 heteroatoms. The van der Waals surface area contributed by atoms with Crippen LogP contribution in [-0.4, -0.2) is 25.6 Å². The minimum atomic E-state index is -0.552. The van der Waals surface area contributed by atoms with Crippen LogP contribution < -0.4 is 10.1 Å². The van der Waals surface area contributed by atoms with Crippen LogP contribution in [0.4, 0.5) is 0 Å². The van der Waals surface area contributed by atoms with Gasteiger partial charge in [0.1, 0.15) is 5.75 Å². The second kappa shape index (κ2) is 8.23. The van der Waals surface area contributed by atoms with Crippen molar-refractivity contribution in [3.8, 4) is 5.75 Å². The van der Waals surface area contributed by atoms with E-state index in [1.54, 1.807) is 31.4 Å². The van der Waals surface area contributed by atoms with Crippen molar-refractivity contribution in [1.29, 1.82) is 0 Å². The van der Waals surface area contributed by atoms with Gasteiger partial charge in [-0.15, -0.1) is 0 Å². The van der Waals surface area contributed by atoms with E-state index < -0.39 is 5.97 Å². The SMILES string of the molecule is COc1ccc(C(NC(=O)COC(=O)c2ccc(Cl)cc2)C2CC2)cc1. The zero-order valence-electron chi connectivity index (χ0n) is 14.4. The number of ether oxygens (including phenoxy) is 2. The number of hydrogen-bond donors (Lipinski definition) is 1. The number of carbonyl (C=O) groups excluding carboxylic acids is 2. The van der Waals surface area contributed by atoms with Crippen molar-refractivity contribution in [1.82, 2.24) is 5.32 Å². The van der Waals surface area contributed by atoms with Crippen LogP contribution in [0.25, 0.3) is 0 Å². The van der Waals surface area contributed by atoms with Gasteiger partial charge in [0.05, 0.1) is 18.7 Å². The van der Waals surface area contributed by atoms with Gasteiger partial charge in [0.2, 0.25) is 0 Å². The van der Waals surface area contributed by atoms with Crippen LogP contribution in [0.1, 0.15) is 34.8 Å². The Morgan fingerprint density at radius 1 is 1.12 bits per heavy atom. The molecule has 0 heterocycles. The summed E-state index contributed by atoms with van der Waals surface area (Å²) in [6.07, 6.45) is 2.14. The van der Waals surface area contributed by atoms with E-state index in [4.69, 9.17) is 21.1 Å². The molecule has 1 aliphatic carbocycles. The molecule has 1 saturated carbocycles. The molecule has 0 aliphatic heterocycles. The van der Waals surface area contributed by atoms with E-state index in [2.05, 4.69) is 5.32 Å². The lowest BCUT2D eigenvalue weighted by Gasteiger charge is -2.19. The van der Waals surface area contributed by atoms with Gasteiger partial charge in [-0.2, -0.15) is 0 Å². The smallest absolute Gasteiger partial charge is 0.338 e. The van der Waals surface area contributed by atoms with Gasteiger partial charge in [-0.1, -0.05) is 23.7 Å². The molecular formula is C20H20ClNO4. The molecule has 26 heavy (non-hydrogen) atoms. The zero-order valence-corrected chi connectivity index (χ0v) is 15.2. The summed E-state index contributed by atoms with van der Waals surface area (Å²) in [4.78, 5) is 24.2. The molecule has 1 amide bonds. The van der Waals surface area contributed by atoms with Crippen LogP contribution in [-0.2, 0) is 9.53 Å². The van der Waals surface area contributed by atoms with Gasteiger partial charge >= 0.3 is 5.97 Å². The van der Waals surface area contributed by atoms with Crippen molar-refractivity contribution in [3.63, 3.8) is 0 Å². The van der Waals surface area contributed by atoms with E-state index >= 15 is 0 Å². The lowest BCUT2D eigenvalue weighted by atomic mass is 10.0. The maximum absolute atomic E-state index is 12.2. The Bertz CT molecular complexity index is 769. The third kappa shape index (κ3) is 4.76. The van der Waals surface area contributed by atoms with E-state index in [1.165, 1.54) is 0 Å². The number of hydrogen-bond acceptors (Lipinski definition) is 4. The summed E-state index contributed by atoms with van der Waals surface area (Å²) < 4.78 is 10.3. The average Bonchev–Trinajstić information content (AvgIpc) is 3.50. The maximum atomic E-state index is 12.2. The number of methoxy groups -OCH3 is 1. The van der Waals surface area contributed by atoms with Crippen LogP contribution in [0.2, 0.25) is 5.02 Å². The highest BCUT2D eigenvalue weighted by Crippen LogP contribution is 2.41. The molecule has 0 bridgehead atoms. The Balaban J connectivity index is 1.56.